The first-order chi connectivity index (χ1) is 12.8. The second-order valence-electron chi connectivity index (χ2n) is 11.1. The lowest BCUT2D eigenvalue weighted by Gasteiger charge is -2.49. The van der Waals surface area contributed by atoms with Crippen LogP contribution in [0.4, 0.5) is 0 Å². The van der Waals surface area contributed by atoms with Gasteiger partial charge in [-0.25, -0.2) is 9.32 Å². The van der Waals surface area contributed by atoms with Gasteiger partial charge in [-0.15, -0.1) is 0 Å². The van der Waals surface area contributed by atoms with Crippen LogP contribution in [0.15, 0.2) is 0 Å². The maximum atomic E-state index is 11.8. The Balaban J connectivity index is 2.46. The molecule has 2 saturated heterocycles. The Morgan fingerprint density at radius 2 is 1.31 bits per heavy atom. The molecule has 0 spiro atoms. The van der Waals surface area contributed by atoms with E-state index in [0.29, 0.717) is 0 Å². The van der Waals surface area contributed by atoms with Crippen LogP contribution in [0.25, 0.3) is 0 Å². The van der Waals surface area contributed by atoms with E-state index in [2.05, 4.69) is 67.7 Å². The first kappa shape index (κ1) is 25.4. The molecule has 2 aliphatic heterocycles. The SMILES string of the molecule is CC(C)(C)[Si](C)(C)O[C@@H]1[C@H](O[Si](C)(C)C(C)(C)C)[C@@H]2OC[C@@H](O2)[C@H]1OS(N)(=O)=O. The van der Waals surface area contributed by atoms with Crippen molar-refractivity contribution in [2.75, 3.05) is 6.61 Å². The zero-order valence-corrected chi connectivity index (χ0v) is 22.3. The van der Waals surface area contributed by atoms with Crippen LogP contribution in [0.1, 0.15) is 41.5 Å². The zero-order valence-electron chi connectivity index (χ0n) is 19.4. The largest absolute Gasteiger partial charge is 0.408 e. The van der Waals surface area contributed by atoms with Gasteiger partial charge in [-0.1, -0.05) is 41.5 Å². The standard InChI is InChI=1S/C18H39NO7SSi2/c1-17(2,3)28(7,8)25-14-13(24-27(19,20)21)12-11-22-16(23-12)15(14)26-29(9,10)18(4,5)6/h12-16H,11H2,1-10H3,(H2,19,20,21)/t12-,13-,14+,15+,16-/m1/s1. The maximum absolute atomic E-state index is 11.8. The first-order valence-corrected chi connectivity index (χ1v) is 17.4. The number of ether oxygens (including phenoxy) is 2. The minimum atomic E-state index is -4.21. The Morgan fingerprint density at radius 3 is 1.72 bits per heavy atom. The lowest BCUT2D eigenvalue weighted by atomic mass is 10.0. The third-order valence-electron chi connectivity index (χ3n) is 6.73. The van der Waals surface area contributed by atoms with Crippen LogP contribution in [0.3, 0.4) is 0 Å². The molecular weight excluding hydrogens is 430 g/mol. The van der Waals surface area contributed by atoms with Crippen molar-refractivity contribution >= 4 is 26.9 Å². The number of rotatable bonds is 6. The van der Waals surface area contributed by atoms with Crippen LogP contribution in [0.5, 0.6) is 0 Å². The molecule has 2 N–H and O–H groups in total. The molecule has 0 saturated carbocycles. The number of hydrogen-bond donors (Lipinski definition) is 1. The van der Waals surface area contributed by atoms with Crippen molar-refractivity contribution in [2.45, 2.75) is 109 Å². The van der Waals surface area contributed by atoms with Gasteiger partial charge in [-0.3, -0.25) is 0 Å². The molecule has 2 heterocycles. The Morgan fingerprint density at radius 1 is 0.862 bits per heavy atom. The first-order valence-electron chi connectivity index (χ1n) is 10.1. The summed E-state index contributed by atoms with van der Waals surface area (Å²) in [7, 11) is -8.75. The van der Waals surface area contributed by atoms with Crippen LogP contribution in [0.2, 0.25) is 36.3 Å². The minimum absolute atomic E-state index is 0.0553. The summed E-state index contributed by atoms with van der Waals surface area (Å²) in [5, 5.41) is 5.09. The second kappa shape index (κ2) is 7.93. The summed E-state index contributed by atoms with van der Waals surface area (Å²) in [5.41, 5.74) is 0. The molecule has 0 unspecified atom stereocenters. The van der Waals surface area contributed by atoms with Crippen molar-refractivity contribution in [3.05, 3.63) is 0 Å². The van der Waals surface area contributed by atoms with E-state index in [1.807, 2.05) is 0 Å². The highest BCUT2D eigenvalue weighted by molar-refractivity contribution is 7.84. The van der Waals surface area contributed by atoms with E-state index in [0.717, 1.165) is 0 Å². The number of nitrogens with two attached hydrogens (primary N) is 1. The molecule has 0 aromatic rings. The van der Waals surface area contributed by atoms with E-state index in [4.69, 9.17) is 27.6 Å². The van der Waals surface area contributed by atoms with Crippen LogP contribution in [0, 0.1) is 0 Å². The number of hydrogen-bond acceptors (Lipinski definition) is 7. The van der Waals surface area contributed by atoms with Crippen molar-refractivity contribution in [3.63, 3.8) is 0 Å². The van der Waals surface area contributed by atoms with Crippen LogP contribution >= 0.6 is 0 Å². The average molecular weight is 470 g/mol. The molecule has 8 nitrogen and oxygen atoms in total. The zero-order chi connectivity index (χ0) is 22.6. The Labute approximate surface area is 178 Å². The summed E-state index contributed by atoms with van der Waals surface area (Å²) < 4.78 is 54.0. The fourth-order valence-corrected chi connectivity index (χ4v) is 6.03. The summed E-state index contributed by atoms with van der Waals surface area (Å²) in [6.07, 6.45) is -3.38. The summed E-state index contributed by atoms with van der Waals surface area (Å²) >= 11 is 0. The van der Waals surface area contributed by atoms with Gasteiger partial charge in [0.25, 0.3) is 0 Å². The summed E-state index contributed by atoms with van der Waals surface area (Å²) in [4.78, 5) is 0. The highest BCUT2D eigenvalue weighted by Gasteiger charge is 2.58. The summed E-state index contributed by atoms with van der Waals surface area (Å²) in [5.74, 6) is 0. The van der Waals surface area contributed by atoms with E-state index >= 15 is 0 Å². The quantitative estimate of drug-likeness (QED) is 0.596. The summed E-state index contributed by atoms with van der Waals surface area (Å²) in [6, 6.07) is 0. The topological polar surface area (TPSA) is 106 Å². The molecule has 2 bridgehead atoms. The molecule has 172 valence electrons. The van der Waals surface area contributed by atoms with Gasteiger partial charge >= 0.3 is 10.3 Å². The van der Waals surface area contributed by atoms with E-state index in [1.54, 1.807) is 0 Å². The van der Waals surface area contributed by atoms with Gasteiger partial charge in [0.2, 0.25) is 0 Å². The lowest BCUT2D eigenvalue weighted by molar-refractivity contribution is -0.214. The molecule has 2 rings (SSSR count). The van der Waals surface area contributed by atoms with Crippen molar-refractivity contribution < 1.29 is 30.9 Å². The highest BCUT2D eigenvalue weighted by atomic mass is 32.2. The van der Waals surface area contributed by atoms with Gasteiger partial charge in [0.15, 0.2) is 22.9 Å². The molecule has 2 fully saturated rings. The maximum Gasteiger partial charge on any atom is 0.333 e. The predicted octanol–water partition coefficient (Wildman–Crippen LogP) is 3.11. The van der Waals surface area contributed by atoms with Crippen molar-refractivity contribution in [1.29, 1.82) is 0 Å². The van der Waals surface area contributed by atoms with Gasteiger partial charge in [-0.05, 0) is 36.3 Å². The monoisotopic (exact) mass is 469 g/mol. The lowest BCUT2D eigenvalue weighted by Crippen LogP contribution is -2.63. The fourth-order valence-electron chi connectivity index (χ4n) is 2.90. The average Bonchev–Trinajstić information content (AvgIpc) is 2.90. The van der Waals surface area contributed by atoms with Crippen molar-refractivity contribution in [2.24, 2.45) is 5.14 Å². The molecule has 11 heteroatoms. The predicted molar refractivity (Wildman–Crippen MR) is 117 cm³/mol. The number of fused-ring (bicyclic) bond motifs is 2. The fraction of sp³-hybridized carbons (Fsp3) is 1.00. The van der Waals surface area contributed by atoms with Gasteiger partial charge < -0.3 is 18.3 Å². The third kappa shape index (κ3) is 5.69. The van der Waals surface area contributed by atoms with Crippen LogP contribution < -0.4 is 5.14 Å². The molecular formula is C18H39NO7SSi2. The molecule has 2 aliphatic rings. The van der Waals surface area contributed by atoms with E-state index < -0.39 is 57.6 Å². The smallest absolute Gasteiger partial charge is 0.333 e. The third-order valence-corrected chi connectivity index (χ3v) is 16.2. The second-order valence-corrected chi connectivity index (χ2v) is 21.8. The summed E-state index contributed by atoms with van der Waals surface area (Å²) in [6.45, 7) is 21.5. The molecule has 5 atom stereocenters. The van der Waals surface area contributed by atoms with Gasteiger partial charge in [0.1, 0.15) is 24.4 Å². The molecule has 0 amide bonds. The van der Waals surface area contributed by atoms with E-state index in [1.165, 1.54) is 0 Å². The molecule has 0 aliphatic carbocycles. The van der Waals surface area contributed by atoms with Crippen molar-refractivity contribution in [1.82, 2.24) is 0 Å². The van der Waals surface area contributed by atoms with E-state index in [-0.39, 0.29) is 16.7 Å². The normalized spacial score (nSPS) is 31.9. The van der Waals surface area contributed by atoms with Crippen molar-refractivity contribution in [3.8, 4) is 0 Å². The Kier molecular flexibility index (Phi) is 6.94. The Bertz CT molecular complexity index is 700. The molecule has 0 radical (unpaired) electrons. The Hall–Kier alpha value is 0.144. The molecule has 0 aromatic carbocycles. The molecule has 29 heavy (non-hydrogen) atoms. The van der Waals surface area contributed by atoms with Crippen LogP contribution in [-0.2, 0) is 32.8 Å². The van der Waals surface area contributed by atoms with Gasteiger partial charge in [0.05, 0.1) is 6.61 Å². The van der Waals surface area contributed by atoms with Gasteiger partial charge in [0, 0.05) is 0 Å². The highest BCUT2D eigenvalue weighted by Crippen LogP contribution is 2.45. The minimum Gasteiger partial charge on any atom is -0.408 e. The van der Waals surface area contributed by atoms with E-state index in [9.17, 15) is 8.42 Å². The van der Waals surface area contributed by atoms with Crippen LogP contribution in [-0.4, -0.2) is 62.4 Å². The molecule has 0 aromatic heterocycles. The van der Waals surface area contributed by atoms with Gasteiger partial charge in [-0.2, -0.15) is 8.42 Å².